The molecule has 3 heteroatoms. The summed E-state index contributed by atoms with van der Waals surface area (Å²) in [4.78, 5) is 0. The molecule has 0 aliphatic rings. The SMILES string of the molecule is CN[C@H](C)c1ccc(F)c(I)c1. The second kappa shape index (κ2) is 4.18. The van der Waals surface area contributed by atoms with Crippen LogP contribution in [0.15, 0.2) is 18.2 Å². The maximum atomic E-state index is 12.8. The molecule has 0 spiro atoms. The molecule has 0 amide bonds. The van der Waals surface area contributed by atoms with Gasteiger partial charge in [-0.05, 0) is 54.3 Å². The van der Waals surface area contributed by atoms with Gasteiger partial charge >= 0.3 is 0 Å². The van der Waals surface area contributed by atoms with Gasteiger partial charge in [0.25, 0.3) is 0 Å². The molecular formula is C9H11FIN. The zero-order chi connectivity index (χ0) is 9.14. The first-order valence-electron chi connectivity index (χ1n) is 3.77. The molecule has 0 aliphatic carbocycles. The Morgan fingerprint density at radius 1 is 1.50 bits per heavy atom. The summed E-state index contributed by atoms with van der Waals surface area (Å²) < 4.78 is 13.5. The minimum Gasteiger partial charge on any atom is -0.313 e. The maximum Gasteiger partial charge on any atom is 0.136 e. The van der Waals surface area contributed by atoms with Gasteiger partial charge in [0.2, 0.25) is 0 Å². The molecule has 1 nitrogen and oxygen atoms in total. The second-order valence-corrected chi connectivity index (χ2v) is 3.85. The van der Waals surface area contributed by atoms with Gasteiger partial charge in [0.05, 0.1) is 0 Å². The number of benzene rings is 1. The molecule has 66 valence electrons. The van der Waals surface area contributed by atoms with Gasteiger partial charge in [0.1, 0.15) is 5.82 Å². The highest BCUT2D eigenvalue weighted by Gasteiger charge is 2.04. The van der Waals surface area contributed by atoms with Crippen molar-refractivity contribution in [3.05, 3.63) is 33.1 Å². The van der Waals surface area contributed by atoms with Crippen LogP contribution in [-0.2, 0) is 0 Å². The van der Waals surface area contributed by atoms with Crippen molar-refractivity contribution in [3.63, 3.8) is 0 Å². The summed E-state index contributed by atoms with van der Waals surface area (Å²) in [6.07, 6.45) is 0. The summed E-state index contributed by atoms with van der Waals surface area (Å²) in [7, 11) is 1.89. The number of hydrogen-bond donors (Lipinski definition) is 1. The largest absolute Gasteiger partial charge is 0.313 e. The highest BCUT2D eigenvalue weighted by atomic mass is 127. The first-order valence-corrected chi connectivity index (χ1v) is 4.85. The third-order valence-corrected chi connectivity index (χ3v) is 2.70. The minimum atomic E-state index is -0.150. The average molecular weight is 279 g/mol. The molecule has 0 saturated heterocycles. The fourth-order valence-electron chi connectivity index (χ4n) is 0.948. The number of hydrogen-bond acceptors (Lipinski definition) is 1. The van der Waals surface area contributed by atoms with E-state index in [-0.39, 0.29) is 11.9 Å². The standard InChI is InChI=1S/C9H11FIN/c1-6(12-2)7-3-4-8(10)9(11)5-7/h3-6,12H,1-2H3/t6-/m1/s1. The smallest absolute Gasteiger partial charge is 0.136 e. The molecule has 0 fully saturated rings. The van der Waals surface area contributed by atoms with E-state index in [0.29, 0.717) is 3.57 Å². The molecule has 1 N–H and O–H groups in total. The van der Waals surface area contributed by atoms with E-state index in [9.17, 15) is 4.39 Å². The Kier molecular flexibility index (Phi) is 3.46. The Hall–Kier alpha value is -0.160. The lowest BCUT2D eigenvalue weighted by atomic mass is 10.1. The molecule has 0 unspecified atom stereocenters. The highest BCUT2D eigenvalue weighted by molar-refractivity contribution is 14.1. The second-order valence-electron chi connectivity index (χ2n) is 2.68. The van der Waals surface area contributed by atoms with Gasteiger partial charge in [-0.2, -0.15) is 0 Å². The van der Waals surface area contributed by atoms with Crippen LogP contribution >= 0.6 is 22.6 Å². The van der Waals surface area contributed by atoms with Gasteiger partial charge in [-0.15, -0.1) is 0 Å². The molecule has 0 aromatic heterocycles. The van der Waals surface area contributed by atoms with E-state index in [0.717, 1.165) is 5.56 Å². The summed E-state index contributed by atoms with van der Waals surface area (Å²) in [5.41, 5.74) is 1.11. The van der Waals surface area contributed by atoms with Crippen LogP contribution in [0.5, 0.6) is 0 Å². The van der Waals surface area contributed by atoms with E-state index in [1.807, 2.05) is 42.6 Å². The molecule has 1 aromatic carbocycles. The first-order chi connectivity index (χ1) is 5.65. The molecule has 1 atom stereocenters. The van der Waals surface area contributed by atoms with Crippen LogP contribution in [-0.4, -0.2) is 7.05 Å². The predicted octanol–water partition coefficient (Wildman–Crippen LogP) is 2.71. The van der Waals surface area contributed by atoms with E-state index < -0.39 is 0 Å². The molecule has 0 aliphatic heterocycles. The monoisotopic (exact) mass is 279 g/mol. The zero-order valence-electron chi connectivity index (χ0n) is 7.07. The van der Waals surface area contributed by atoms with E-state index in [1.165, 1.54) is 6.07 Å². The molecule has 0 bridgehead atoms. The van der Waals surface area contributed by atoms with Crippen LogP contribution in [0.3, 0.4) is 0 Å². The summed E-state index contributed by atoms with van der Waals surface area (Å²) in [5.74, 6) is -0.150. The van der Waals surface area contributed by atoms with Crippen LogP contribution in [0.2, 0.25) is 0 Å². The van der Waals surface area contributed by atoms with Gasteiger partial charge in [0.15, 0.2) is 0 Å². The van der Waals surface area contributed by atoms with Crippen molar-refractivity contribution in [1.29, 1.82) is 0 Å². The number of rotatable bonds is 2. The number of nitrogens with one attached hydrogen (secondary N) is 1. The van der Waals surface area contributed by atoms with Gasteiger partial charge < -0.3 is 5.32 Å². The third-order valence-electron chi connectivity index (χ3n) is 1.88. The molecule has 0 heterocycles. The van der Waals surface area contributed by atoms with Crippen molar-refractivity contribution >= 4 is 22.6 Å². The third kappa shape index (κ3) is 2.17. The lowest BCUT2D eigenvalue weighted by Crippen LogP contribution is -2.12. The molecule has 0 radical (unpaired) electrons. The fraction of sp³-hybridized carbons (Fsp3) is 0.333. The van der Waals surface area contributed by atoms with E-state index in [4.69, 9.17) is 0 Å². The summed E-state index contributed by atoms with van der Waals surface area (Å²) in [6, 6.07) is 5.44. The quantitative estimate of drug-likeness (QED) is 0.821. The van der Waals surface area contributed by atoms with Crippen LogP contribution in [0.4, 0.5) is 4.39 Å². The highest BCUT2D eigenvalue weighted by Crippen LogP contribution is 2.17. The Morgan fingerprint density at radius 2 is 2.17 bits per heavy atom. The first kappa shape index (κ1) is 9.92. The van der Waals surface area contributed by atoms with Gasteiger partial charge in [-0.1, -0.05) is 6.07 Å². The van der Waals surface area contributed by atoms with Crippen LogP contribution in [0, 0.1) is 9.39 Å². The van der Waals surface area contributed by atoms with Crippen molar-refractivity contribution in [2.24, 2.45) is 0 Å². The Bertz CT molecular complexity index is 275. The van der Waals surface area contributed by atoms with Crippen molar-refractivity contribution in [2.75, 3.05) is 7.05 Å². The van der Waals surface area contributed by atoms with Crippen molar-refractivity contribution < 1.29 is 4.39 Å². The van der Waals surface area contributed by atoms with E-state index >= 15 is 0 Å². The predicted molar refractivity (Wildman–Crippen MR) is 56.6 cm³/mol. The lowest BCUT2D eigenvalue weighted by Gasteiger charge is -2.10. The van der Waals surface area contributed by atoms with Crippen LogP contribution in [0.1, 0.15) is 18.5 Å². The van der Waals surface area contributed by atoms with E-state index in [2.05, 4.69) is 5.32 Å². The van der Waals surface area contributed by atoms with Crippen molar-refractivity contribution in [1.82, 2.24) is 5.32 Å². The molecule has 12 heavy (non-hydrogen) atoms. The van der Waals surface area contributed by atoms with Crippen LogP contribution < -0.4 is 5.32 Å². The number of halogens is 2. The maximum absolute atomic E-state index is 12.8. The summed E-state index contributed by atoms with van der Waals surface area (Å²) >= 11 is 2.00. The zero-order valence-corrected chi connectivity index (χ0v) is 9.22. The van der Waals surface area contributed by atoms with E-state index in [1.54, 1.807) is 6.07 Å². The lowest BCUT2D eigenvalue weighted by molar-refractivity contribution is 0.611. The molecular weight excluding hydrogens is 268 g/mol. The minimum absolute atomic E-state index is 0.150. The fourth-order valence-corrected chi connectivity index (χ4v) is 1.49. The summed E-state index contributed by atoms with van der Waals surface area (Å²) in [5, 5.41) is 3.10. The Labute approximate surface area is 85.5 Å². The molecule has 1 aromatic rings. The summed E-state index contributed by atoms with van der Waals surface area (Å²) in [6.45, 7) is 2.04. The Morgan fingerprint density at radius 3 is 2.67 bits per heavy atom. The van der Waals surface area contributed by atoms with Gasteiger partial charge in [-0.3, -0.25) is 0 Å². The van der Waals surface area contributed by atoms with Gasteiger partial charge in [0, 0.05) is 9.61 Å². The average Bonchev–Trinajstić information content (AvgIpc) is 2.08. The van der Waals surface area contributed by atoms with Crippen molar-refractivity contribution in [3.8, 4) is 0 Å². The van der Waals surface area contributed by atoms with Crippen LogP contribution in [0.25, 0.3) is 0 Å². The van der Waals surface area contributed by atoms with Gasteiger partial charge in [-0.25, -0.2) is 4.39 Å². The normalized spacial score (nSPS) is 13.0. The molecule has 0 saturated carbocycles. The van der Waals surface area contributed by atoms with Crippen molar-refractivity contribution in [2.45, 2.75) is 13.0 Å². The topological polar surface area (TPSA) is 12.0 Å². The molecule has 1 rings (SSSR count). The Balaban J connectivity index is 2.96.